The smallest absolute Gasteiger partial charge is 0.292 e. The predicted molar refractivity (Wildman–Crippen MR) is 103 cm³/mol. The Bertz CT molecular complexity index is 1000. The summed E-state index contributed by atoms with van der Waals surface area (Å²) in [6.07, 6.45) is 2.51. The van der Waals surface area contributed by atoms with Crippen LogP contribution in [0, 0.1) is 0 Å². The van der Waals surface area contributed by atoms with Gasteiger partial charge in [-0.2, -0.15) is 9.78 Å². The molecule has 5 nitrogen and oxygen atoms in total. The highest BCUT2D eigenvalue weighted by molar-refractivity contribution is 6.33. The van der Waals surface area contributed by atoms with E-state index in [1.54, 1.807) is 6.20 Å². The molecule has 3 aromatic rings. The largest absolute Gasteiger partial charge is 0.493 e. The number of fused-ring (bicyclic) bond motifs is 1. The minimum absolute atomic E-state index is 0.0211. The fourth-order valence-corrected chi connectivity index (χ4v) is 3.26. The van der Waals surface area contributed by atoms with Gasteiger partial charge in [-0.05, 0) is 42.3 Å². The molecule has 0 spiro atoms. The highest BCUT2D eigenvalue weighted by atomic mass is 35.5. The Morgan fingerprint density at radius 1 is 1.23 bits per heavy atom. The average molecular weight is 368 g/mol. The molecule has 0 fully saturated rings. The van der Waals surface area contributed by atoms with Gasteiger partial charge in [0.15, 0.2) is 0 Å². The molecule has 0 aliphatic carbocycles. The van der Waals surface area contributed by atoms with Crippen LogP contribution in [0.25, 0.3) is 5.69 Å². The monoisotopic (exact) mass is 367 g/mol. The Morgan fingerprint density at radius 3 is 2.85 bits per heavy atom. The van der Waals surface area contributed by atoms with Crippen molar-refractivity contribution in [1.82, 2.24) is 9.78 Å². The summed E-state index contributed by atoms with van der Waals surface area (Å²) in [6.45, 7) is 2.75. The van der Waals surface area contributed by atoms with Gasteiger partial charge in [0, 0.05) is 12.5 Å². The lowest BCUT2D eigenvalue weighted by molar-refractivity contribution is 0.357. The highest BCUT2D eigenvalue weighted by Gasteiger charge is 2.17. The van der Waals surface area contributed by atoms with Gasteiger partial charge in [-0.25, -0.2) is 0 Å². The summed E-state index contributed by atoms with van der Waals surface area (Å²) < 4.78 is 6.84. The number of hydrogen-bond acceptors (Lipinski definition) is 4. The Labute approximate surface area is 156 Å². The van der Waals surface area contributed by atoms with Gasteiger partial charge in [-0.1, -0.05) is 35.9 Å². The number of hydrogen-bond donors (Lipinski definition) is 1. The number of rotatable bonds is 4. The summed E-state index contributed by atoms with van der Waals surface area (Å²) >= 11 is 6.32. The van der Waals surface area contributed by atoms with Crippen molar-refractivity contribution in [3.63, 3.8) is 0 Å². The maximum atomic E-state index is 12.6. The Kier molecular flexibility index (Phi) is 4.39. The van der Waals surface area contributed by atoms with Crippen molar-refractivity contribution in [3.05, 3.63) is 81.2 Å². The van der Waals surface area contributed by atoms with Crippen LogP contribution in [0.3, 0.4) is 0 Å². The van der Waals surface area contributed by atoms with Crippen LogP contribution in [0.1, 0.15) is 24.1 Å². The van der Waals surface area contributed by atoms with Gasteiger partial charge >= 0.3 is 0 Å². The van der Waals surface area contributed by atoms with Crippen LogP contribution in [-0.2, 0) is 6.42 Å². The quantitative estimate of drug-likeness (QED) is 0.757. The summed E-state index contributed by atoms with van der Waals surface area (Å²) in [5, 5.41) is 7.66. The Morgan fingerprint density at radius 2 is 2.04 bits per heavy atom. The zero-order chi connectivity index (χ0) is 18.1. The van der Waals surface area contributed by atoms with Crippen molar-refractivity contribution >= 4 is 17.3 Å². The molecule has 2 aromatic carbocycles. The molecule has 6 heteroatoms. The van der Waals surface area contributed by atoms with Crippen LogP contribution >= 0.6 is 11.6 Å². The molecular formula is C20H18ClN3O2. The zero-order valence-corrected chi connectivity index (χ0v) is 15.0. The summed E-state index contributed by atoms with van der Waals surface area (Å²) in [5.74, 6) is 0.950. The van der Waals surface area contributed by atoms with Crippen molar-refractivity contribution in [2.45, 2.75) is 19.4 Å². The van der Waals surface area contributed by atoms with Crippen LogP contribution in [0.5, 0.6) is 5.75 Å². The van der Waals surface area contributed by atoms with E-state index in [1.165, 1.54) is 10.2 Å². The molecule has 0 bridgehead atoms. The predicted octanol–water partition coefficient (Wildman–Crippen LogP) is 3.99. The summed E-state index contributed by atoms with van der Waals surface area (Å²) in [7, 11) is 0. The Hall–Kier alpha value is -2.79. The summed E-state index contributed by atoms with van der Waals surface area (Å²) in [4.78, 5) is 12.6. The van der Waals surface area contributed by atoms with Crippen LogP contribution < -0.4 is 15.6 Å². The number of nitrogens with one attached hydrogen (secondary N) is 1. The van der Waals surface area contributed by atoms with Gasteiger partial charge in [-0.15, -0.1) is 0 Å². The second-order valence-electron chi connectivity index (χ2n) is 6.26. The molecule has 1 N–H and O–H groups in total. The molecule has 132 valence electrons. The van der Waals surface area contributed by atoms with E-state index in [4.69, 9.17) is 16.3 Å². The maximum absolute atomic E-state index is 12.6. The molecule has 2 heterocycles. The van der Waals surface area contributed by atoms with E-state index in [2.05, 4.69) is 16.5 Å². The average Bonchev–Trinajstić information content (AvgIpc) is 3.14. The SMILES string of the molecule is CC(Nc1cnn(-c2ccccc2)c(=O)c1Cl)c1ccc2c(c1)CCO2. The number of benzene rings is 2. The van der Waals surface area contributed by atoms with Gasteiger partial charge in [0.05, 0.1) is 24.2 Å². The topological polar surface area (TPSA) is 56.2 Å². The Balaban J connectivity index is 1.60. The third kappa shape index (κ3) is 3.06. The van der Waals surface area contributed by atoms with E-state index in [9.17, 15) is 4.79 Å². The number of halogens is 1. The number of ether oxygens (including phenoxy) is 1. The van der Waals surface area contributed by atoms with Crippen molar-refractivity contribution in [2.75, 3.05) is 11.9 Å². The van der Waals surface area contributed by atoms with E-state index in [-0.39, 0.29) is 16.6 Å². The molecule has 0 radical (unpaired) electrons. The highest BCUT2D eigenvalue weighted by Crippen LogP contribution is 2.30. The van der Waals surface area contributed by atoms with Crippen molar-refractivity contribution in [3.8, 4) is 11.4 Å². The van der Waals surface area contributed by atoms with Crippen LogP contribution in [0.4, 0.5) is 5.69 Å². The summed E-state index contributed by atoms with van der Waals surface area (Å²) in [6, 6.07) is 15.3. The third-order valence-electron chi connectivity index (χ3n) is 4.51. The lowest BCUT2D eigenvalue weighted by Gasteiger charge is -2.17. The van der Waals surface area contributed by atoms with Crippen molar-refractivity contribution in [2.24, 2.45) is 0 Å². The standard InChI is InChI=1S/C20H18ClN3O2/c1-13(14-7-8-18-15(11-14)9-10-26-18)23-17-12-22-24(20(25)19(17)21)16-5-3-2-4-6-16/h2-8,11-13,23H,9-10H2,1H3. The maximum Gasteiger partial charge on any atom is 0.292 e. The first-order chi connectivity index (χ1) is 12.6. The normalized spacial score (nSPS) is 13.8. The second-order valence-corrected chi connectivity index (χ2v) is 6.63. The molecule has 0 saturated carbocycles. The molecule has 1 atom stereocenters. The lowest BCUT2D eigenvalue weighted by atomic mass is 10.0. The zero-order valence-electron chi connectivity index (χ0n) is 14.3. The lowest BCUT2D eigenvalue weighted by Crippen LogP contribution is -2.23. The second kappa shape index (κ2) is 6.84. The van der Waals surface area contributed by atoms with E-state index >= 15 is 0 Å². The minimum Gasteiger partial charge on any atom is -0.493 e. The third-order valence-corrected chi connectivity index (χ3v) is 4.87. The molecule has 1 unspecified atom stereocenters. The van der Waals surface area contributed by atoms with Gasteiger partial charge in [0.1, 0.15) is 10.8 Å². The first-order valence-corrected chi connectivity index (χ1v) is 8.86. The van der Waals surface area contributed by atoms with Gasteiger partial charge < -0.3 is 10.1 Å². The molecule has 26 heavy (non-hydrogen) atoms. The minimum atomic E-state index is -0.350. The van der Waals surface area contributed by atoms with Gasteiger partial charge in [0.25, 0.3) is 5.56 Å². The van der Waals surface area contributed by atoms with E-state index in [1.807, 2.05) is 49.4 Å². The fourth-order valence-electron chi connectivity index (χ4n) is 3.08. The fraction of sp³-hybridized carbons (Fsp3) is 0.200. The first kappa shape index (κ1) is 16.7. The number of nitrogens with zero attached hydrogens (tertiary/aromatic N) is 2. The van der Waals surface area contributed by atoms with Crippen molar-refractivity contribution < 1.29 is 4.74 Å². The van der Waals surface area contributed by atoms with E-state index in [0.717, 1.165) is 24.3 Å². The van der Waals surface area contributed by atoms with E-state index in [0.29, 0.717) is 11.4 Å². The molecule has 1 aliphatic heterocycles. The first-order valence-electron chi connectivity index (χ1n) is 8.49. The number of aromatic nitrogens is 2. The molecule has 0 saturated heterocycles. The van der Waals surface area contributed by atoms with Crippen LogP contribution in [0.2, 0.25) is 5.02 Å². The number of para-hydroxylation sites is 1. The van der Waals surface area contributed by atoms with Crippen molar-refractivity contribution in [1.29, 1.82) is 0 Å². The molecule has 1 aliphatic rings. The number of anilines is 1. The molecule has 0 amide bonds. The van der Waals surface area contributed by atoms with Gasteiger partial charge in [0.2, 0.25) is 0 Å². The summed E-state index contributed by atoms with van der Waals surface area (Å²) in [5.41, 5.74) is 3.17. The molecule has 1 aromatic heterocycles. The van der Waals surface area contributed by atoms with Gasteiger partial charge in [-0.3, -0.25) is 4.79 Å². The van der Waals surface area contributed by atoms with E-state index < -0.39 is 0 Å². The molecule has 4 rings (SSSR count). The van der Waals surface area contributed by atoms with Crippen LogP contribution in [0.15, 0.2) is 59.5 Å². The molecular weight excluding hydrogens is 350 g/mol. The van der Waals surface area contributed by atoms with Crippen LogP contribution in [-0.4, -0.2) is 16.4 Å².